The summed E-state index contributed by atoms with van der Waals surface area (Å²) >= 11 is 3.03. The predicted molar refractivity (Wildman–Crippen MR) is 109 cm³/mol. The average molecular weight is 413 g/mol. The zero-order valence-corrected chi connectivity index (χ0v) is 16.3. The number of rotatable bonds is 4. The van der Waals surface area contributed by atoms with E-state index in [1.54, 1.807) is 17.4 Å². The number of H-pyrrole nitrogens is 2. The zero-order valence-electron chi connectivity index (χ0n) is 14.7. The molecular weight excluding hydrogens is 398 g/mol. The van der Waals surface area contributed by atoms with Gasteiger partial charge in [0.05, 0.1) is 27.1 Å². The van der Waals surface area contributed by atoms with E-state index in [1.807, 2.05) is 0 Å². The number of benzene rings is 1. The van der Waals surface area contributed by atoms with E-state index in [-0.39, 0.29) is 11.2 Å². The molecule has 0 amide bonds. The van der Waals surface area contributed by atoms with Crippen LogP contribution < -0.4 is 5.56 Å². The van der Waals surface area contributed by atoms with Gasteiger partial charge in [-0.05, 0) is 37.3 Å². The Kier molecular flexibility index (Phi) is 4.17. The van der Waals surface area contributed by atoms with Crippen molar-refractivity contribution in [3.05, 3.63) is 54.9 Å². The minimum Gasteiger partial charge on any atom is -0.333 e. The van der Waals surface area contributed by atoms with Crippen molar-refractivity contribution in [2.75, 3.05) is 0 Å². The summed E-state index contributed by atoms with van der Waals surface area (Å²) in [6.07, 6.45) is 4.29. The number of fused-ring (bicyclic) bond motifs is 4. The van der Waals surface area contributed by atoms with E-state index in [9.17, 15) is 14.9 Å². The monoisotopic (exact) mass is 413 g/mol. The fraction of sp³-hybridized carbons (Fsp3) is 0.278. The number of thioether (sulfide) groups is 1. The van der Waals surface area contributed by atoms with Gasteiger partial charge in [0.15, 0.2) is 5.16 Å². The van der Waals surface area contributed by atoms with Gasteiger partial charge in [-0.25, -0.2) is 9.97 Å². The van der Waals surface area contributed by atoms with Crippen molar-refractivity contribution >= 4 is 50.0 Å². The van der Waals surface area contributed by atoms with Gasteiger partial charge in [0, 0.05) is 17.0 Å². The van der Waals surface area contributed by atoms with E-state index < -0.39 is 4.92 Å². The van der Waals surface area contributed by atoms with E-state index in [4.69, 9.17) is 0 Å². The van der Waals surface area contributed by atoms with Crippen molar-refractivity contribution in [1.29, 1.82) is 0 Å². The van der Waals surface area contributed by atoms with Crippen LogP contribution in [0.4, 0.5) is 5.69 Å². The number of aromatic nitrogens is 4. The summed E-state index contributed by atoms with van der Waals surface area (Å²) < 4.78 is 0. The number of imidazole rings is 1. The summed E-state index contributed by atoms with van der Waals surface area (Å²) in [6.45, 7) is 0. The standard InChI is InChI=1S/C18H15N5O3S2/c24-16-15-10-3-1-2-4-13(10)28-17(15)22-14(21-16)8-27-18-19-11-6-5-9(23(25)26)7-12(11)20-18/h5-7H,1-4,8H2,(H,19,20)(H,21,22,24). The van der Waals surface area contributed by atoms with Gasteiger partial charge in [-0.1, -0.05) is 11.8 Å². The van der Waals surface area contributed by atoms with E-state index in [1.165, 1.54) is 40.8 Å². The molecule has 0 fully saturated rings. The molecule has 3 heterocycles. The number of non-ortho nitro benzene ring substituents is 1. The maximum atomic E-state index is 12.6. The highest BCUT2D eigenvalue weighted by molar-refractivity contribution is 7.98. The summed E-state index contributed by atoms with van der Waals surface area (Å²) in [5.74, 6) is 1.06. The number of nitrogens with zero attached hydrogens (tertiary/aromatic N) is 3. The molecule has 1 aliphatic rings. The molecule has 0 saturated carbocycles. The second-order valence-electron chi connectivity index (χ2n) is 6.69. The molecular formula is C18H15N5O3S2. The fourth-order valence-electron chi connectivity index (χ4n) is 3.57. The summed E-state index contributed by atoms with van der Waals surface area (Å²) in [5.41, 5.74) is 2.40. The normalized spacial score (nSPS) is 13.9. The minimum absolute atomic E-state index is 0.0193. The predicted octanol–water partition coefficient (Wildman–Crippen LogP) is 3.94. The quantitative estimate of drug-likeness (QED) is 0.297. The molecule has 3 aromatic heterocycles. The molecule has 1 aliphatic carbocycles. The lowest BCUT2D eigenvalue weighted by Gasteiger charge is -2.09. The number of nitrogens with one attached hydrogen (secondary N) is 2. The van der Waals surface area contributed by atoms with Crippen molar-refractivity contribution in [3.63, 3.8) is 0 Å². The second-order valence-corrected chi connectivity index (χ2v) is 8.74. The smallest absolute Gasteiger partial charge is 0.271 e. The third-order valence-electron chi connectivity index (χ3n) is 4.87. The van der Waals surface area contributed by atoms with Crippen LogP contribution in [0.3, 0.4) is 0 Å². The van der Waals surface area contributed by atoms with Gasteiger partial charge >= 0.3 is 0 Å². The Morgan fingerprint density at radius 1 is 1.21 bits per heavy atom. The summed E-state index contributed by atoms with van der Waals surface area (Å²) in [6, 6.07) is 4.52. The van der Waals surface area contributed by atoms with Crippen molar-refractivity contribution in [3.8, 4) is 0 Å². The lowest BCUT2D eigenvalue weighted by Crippen LogP contribution is -2.12. The van der Waals surface area contributed by atoms with E-state index >= 15 is 0 Å². The van der Waals surface area contributed by atoms with Gasteiger partial charge in [-0.15, -0.1) is 11.3 Å². The zero-order chi connectivity index (χ0) is 19.3. The number of nitro benzene ring substituents is 1. The first kappa shape index (κ1) is 17.4. The Balaban J connectivity index is 1.42. The molecule has 0 atom stereocenters. The van der Waals surface area contributed by atoms with Crippen LogP contribution in [0.15, 0.2) is 28.2 Å². The lowest BCUT2D eigenvalue weighted by molar-refractivity contribution is -0.384. The van der Waals surface area contributed by atoms with Crippen LogP contribution in [0.25, 0.3) is 21.3 Å². The van der Waals surface area contributed by atoms with Crippen LogP contribution >= 0.6 is 23.1 Å². The van der Waals surface area contributed by atoms with Gasteiger partial charge in [0.25, 0.3) is 11.2 Å². The number of thiophene rings is 1. The molecule has 1 aromatic carbocycles. The van der Waals surface area contributed by atoms with Crippen LogP contribution in [0, 0.1) is 10.1 Å². The summed E-state index contributed by atoms with van der Waals surface area (Å²) in [4.78, 5) is 40.3. The first-order chi connectivity index (χ1) is 13.6. The molecule has 5 rings (SSSR count). The highest BCUT2D eigenvalue weighted by Gasteiger charge is 2.20. The Bertz CT molecular complexity index is 1290. The molecule has 0 radical (unpaired) electrons. The average Bonchev–Trinajstić information content (AvgIpc) is 3.26. The number of aromatic amines is 2. The molecule has 28 heavy (non-hydrogen) atoms. The van der Waals surface area contributed by atoms with E-state index in [2.05, 4.69) is 19.9 Å². The van der Waals surface area contributed by atoms with Crippen molar-refractivity contribution in [1.82, 2.24) is 19.9 Å². The molecule has 2 N–H and O–H groups in total. The van der Waals surface area contributed by atoms with Crippen LogP contribution in [0.5, 0.6) is 0 Å². The van der Waals surface area contributed by atoms with Crippen molar-refractivity contribution in [2.45, 2.75) is 36.6 Å². The molecule has 142 valence electrons. The number of hydrogen-bond donors (Lipinski definition) is 2. The van der Waals surface area contributed by atoms with Crippen LogP contribution in [-0.4, -0.2) is 24.9 Å². The SMILES string of the molecule is O=c1[nH]c(CSc2nc3ccc([N+](=O)[O-])cc3[nH]2)nc2sc3c(c12)CCCC3. The molecule has 0 bridgehead atoms. The van der Waals surface area contributed by atoms with Gasteiger partial charge in [-0.3, -0.25) is 14.9 Å². The number of nitro groups is 1. The Hall–Kier alpha value is -2.72. The molecule has 4 aromatic rings. The first-order valence-electron chi connectivity index (χ1n) is 8.89. The molecule has 8 nitrogen and oxygen atoms in total. The van der Waals surface area contributed by atoms with Gasteiger partial charge in [-0.2, -0.15) is 0 Å². The third-order valence-corrected chi connectivity index (χ3v) is 6.94. The van der Waals surface area contributed by atoms with Gasteiger partial charge < -0.3 is 9.97 Å². The number of hydrogen-bond acceptors (Lipinski definition) is 7. The first-order valence-corrected chi connectivity index (χ1v) is 10.7. The molecule has 10 heteroatoms. The van der Waals surface area contributed by atoms with Crippen LogP contribution in [0.1, 0.15) is 29.1 Å². The Labute approximate surface area is 166 Å². The van der Waals surface area contributed by atoms with Crippen LogP contribution in [-0.2, 0) is 18.6 Å². The Morgan fingerprint density at radius 3 is 2.93 bits per heavy atom. The van der Waals surface area contributed by atoms with Gasteiger partial charge in [0.1, 0.15) is 10.7 Å². The van der Waals surface area contributed by atoms with Gasteiger partial charge in [0.2, 0.25) is 0 Å². The maximum Gasteiger partial charge on any atom is 0.271 e. The second kappa shape index (κ2) is 6.71. The molecule has 0 saturated heterocycles. The van der Waals surface area contributed by atoms with E-state index in [0.29, 0.717) is 27.8 Å². The molecule has 0 aliphatic heterocycles. The molecule has 0 unspecified atom stereocenters. The summed E-state index contributed by atoms with van der Waals surface area (Å²) in [7, 11) is 0. The maximum absolute atomic E-state index is 12.6. The van der Waals surface area contributed by atoms with Crippen molar-refractivity contribution < 1.29 is 4.92 Å². The largest absolute Gasteiger partial charge is 0.333 e. The molecule has 0 spiro atoms. The van der Waals surface area contributed by atoms with Crippen LogP contribution in [0.2, 0.25) is 0 Å². The highest BCUT2D eigenvalue weighted by Crippen LogP contribution is 2.34. The summed E-state index contributed by atoms with van der Waals surface area (Å²) in [5, 5.41) is 12.3. The van der Waals surface area contributed by atoms with E-state index in [0.717, 1.165) is 29.5 Å². The Morgan fingerprint density at radius 2 is 2.07 bits per heavy atom. The highest BCUT2D eigenvalue weighted by atomic mass is 32.2. The lowest BCUT2D eigenvalue weighted by atomic mass is 9.97. The topological polar surface area (TPSA) is 118 Å². The minimum atomic E-state index is -0.433. The third kappa shape index (κ3) is 2.98. The fourth-order valence-corrected chi connectivity index (χ4v) is 5.61. The van der Waals surface area contributed by atoms with Crippen molar-refractivity contribution in [2.24, 2.45) is 0 Å². The number of aryl methyl sites for hydroxylation is 2.